The second-order valence-corrected chi connectivity index (χ2v) is 3.50. The average Bonchev–Trinajstić information content (AvgIpc) is 2.17. The first kappa shape index (κ1) is 12.0. The van der Waals surface area contributed by atoms with Gasteiger partial charge in [0.1, 0.15) is 10.3 Å². The molecule has 0 atom stereocenters. The van der Waals surface area contributed by atoms with E-state index in [2.05, 4.69) is 10.3 Å². The van der Waals surface area contributed by atoms with E-state index < -0.39 is 0 Å². The van der Waals surface area contributed by atoms with Gasteiger partial charge < -0.3 is 5.32 Å². The van der Waals surface area contributed by atoms with Crippen LogP contribution >= 0.6 is 23.2 Å². The number of carbonyl (C=O) groups is 1. The van der Waals surface area contributed by atoms with Crippen molar-refractivity contribution in [1.29, 1.82) is 0 Å². The van der Waals surface area contributed by atoms with E-state index in [9.17, 15) is 4.79 Å². The van der Waals surface area contributed by atoms with Crippen LogP contribution in [0.5, 0.6) is 0 Å². The minimum atomic E-state index is -0.262. The second kappa shape index (κ2) is 5.73. The van der Waals surface area contributed by atoms with Gasteiger partial charge in [0.25, 0.3) is 5.91 Å². The summed E-state index contributed by atoms with van der Waals surface area (Å²) in [6.45, 7) is 2.34. The summed E-state index contributed by atoms with van der Waals surface area (Å²) in [4.78, 5) is 15.3. The number of rotatable bonds is 3. The van der Waals surface area contributed by atoms with E-state index in [0.29, 0.717) is 12.1 Å². The van der Waals surface area contributed by atoms with Gasteiger partial charge in [-0.2, -0.15) is 0 Å². The van der Waals surface area contributed by atoms with Crippen LogP contribution < -0.4 is 5.32 Å². The molecule has 1 aromatic heterocycles. The van der Waals surface area contributed by atoms with E-state index in [0.717, 1.165) is 0 Å². The van der Waals surface area contributed by atoms with Crippen molar-refractivity contribution in [2.75, 3.05) is 6.54 Å². The number of carbonyl (C=O) groups excluding carboxylic acids is 1. The van der Waals surface area contributed by atoms with Crippen LogP contribution in [-0.2, 0) is 0 Å². The summed E-state index contributed by atoms with van der Waals surface area (Å²) in [6.07, 6.45) is 3.68. The van der Waals surface area contributed by atoms with Crippen LogP contribution in [0.2, 0.25) is 10.3 Å². The molecule has 0 unspecified atom stereocenters. The van der Waals surface area contributed by atoms with Gasteiger partial charge in [0.05, 0.1) is 5.56 Å². The fourth-order valence-corrected chi connectivity index (χ4v) is 1.38. The quantitative estimate of drug-likeness (QED) is 0.657. The maximum absolute atomic E-state index is 11.5. The molecule has 1 aromatic rings. The van der Waals surface area contributed by atoms with Gasteiger partial charge in [-0.3, -0.25) is 4.79 Å². The lowest BCUT2D eigenvalue weighted by atomic mass is 10.2. The highest BCUT2D eigenvalue weighted by atomic mass is 35.5. The van der Waals surface area contributed by atoms with Crippen molar-refractivity contribution >= 4 is 29.1 Å². The van der Waals surface area contributed by atoms with Gasteiger partial charge in [-0.15, -0.1) is 0 Å². The number of nitrogens with one attached hydrogen (secondary N) is 1. The number of hydrogen-bond acceptors (Lipinski definition) is 2. The van der Waals surface area contributed by atoms with Crippen LogP contribution in [0.15, 0.2) is 24.3 Å². The monoisotopic (exact) mass is 244 g/mol. The van der Waals surface area contributed by atoms with Crippen LogP contribution in [0.4, 0.5) is 0 Å². The molecular weight excluding hydrogens is 235 g/mol. The standard InChI is InChI=1S/C10H10Cl2N2O/c1-2-3-6-13-10(15)7-4-5-8(11)14-9(7)12/h2-5H,6H2,1H3,(H,13,15)/b3-2+. The fraction of sp³-hybridized carbons (Fsp3) is 0.200. The van der Waals surface area contributed by atoms with Crippen LogP contribution in [0, 0.1) is 0 Å². The molecule has 0 bridgehead atoms. The lowest BCUT2D eigenvalue weighted by Gasteiger charge is -2.03. The van der Waals surface area contributed by atoms with Crippen molar-refractivity contribution in [1.82, 2.24) is 10.3 Å². The number of amides is 1. The molecule has 1 heterocycles. The SMILES string of the molecule is C/C=C/CNC(=O)c1ccc(Cl)nc1Cl. The summed E-state index contributed by atoms with van der Waals surface area (Å²) in [5.74, 6) is -0.262. The minimum Gasteiger partial charge on any atom is -0.348 e. The maximum atomic E-state index is 11.5. The van der Waals surface area contributed by atoms with Crippen LogP contribution in [0.25, 0.3) is 0 Å². The van der Waals surface area contributed by atoms with Gasteiger partial charge in [0.15, 0.2) is 0 Å². The van der Waals surface area contributed by atoms with Gasteiger partial charge >= 0.3 is 0 Å². The third-order valence-electron chi connectivity index (χ3n) is 1.68. The molecule has 0 radical (unpaired) electrons. The smallest absolute Gasteiger partial charge is 0.254 e. The van der Waals surface area contributed by atoms with E-state index in [1.807, 2.05) is 19.1 Å². The van der Waals surface area contributed by atoms with E-state index in [-0.39, 0.29) is 16.2 Å². The van der Waals surface area contributed by atoms with E-state index in [4.69, 9.17) is 23.2 Å². The first-order valence-electron chi connectivity index (χ1n) is 4.36. The Morgan fingerprint density at radius 2 is 2.27 bits per heavy atom. The maximum Gasteiger partial charge on any atom is 0.254 e. The molecule has 1 N–H and O–H groups in total. The third kappa shape index (κ3) is 3.53. The first-order chi connectivity index (χ1) is 7.15. The molecule has 0 aliphatic rings. The van der Waals surface area contributed by atoms with Crippen LogP contribution in [0.3, 0.4) is 0 Å². The molecule has 0 aliphatic carbocycles. The predicted octanol–water partition coefficient (Wildman–Crippen LogP) is 2.69. The van der Waals surface area contributed by atoms with E-state index in [1.54, 1.807) is 6.07 Å². The molecule has 0 aromatic carbocycles. The number of aromatic nitrogens is 1. The summed E-state index contributed by atoms with van der Waals surface area (Å²) < 4.78 is 0. The molecule has 0 aliphatic heterocycles. The lowest BCUT2D eigenvalue weighted by molar-refractivity contribution is 0.0958. The van der Waals surface area contributed by atoms with Crippen molar-refractivity contribution in [3.05, 3.63) is 40.2 Å². The zero-order valence-corrected chi connectivity index (χ0v) is 9.64. The number of pyridine rings is 1. The van der Waals surface area contributed by atoms with Crippen molar-refractivity contribution < 1.29 is 4.79 Å². The van der Waals surface area contributed by atoms with Crippen molar-refractivity contribution in [2.45, 2.75) is 6.92 Å². The normalized spacial score (nSPS) is 10.6. The average molecular weight is 245 g/mol. The second-order valence-electron chi connectivity index (χ2n) is 2.75. The topological polar surface area (TPSA) is 42.0 Å². The Bertz CT molecular complexity index is 391. The summed E-state index contributed by atoms with van der Waals surface area (Å²) in [6, 6.07) is 3.07. The van der Waals surface area contributed by atoms with Gasteiger partial charge in [0, 0.05) is 6.54 Å². The zero-order chi connectivity index (χ0) is 11.3. The zero-order valence-electron chi connectivity index (χ0n) is 8.13. The Kier molecular flexibility index (Phi) is 4.59. The summed E-state index contributed by atoms with van der Waals surface area (Å²) in [5, 5.41) is 3.05. The van der Waals surface area contributed by atoms with Crippen molar-refractivity contribution in [2.24, 2.45) is 0 Å². The molecule has 1 rings (SSSR count). The summed E-state index contributed by atoms with van der Waals surface area (Å²) in [7, 11) is 0. The fourth-order valence-electron chi connectivity index (χ4n) is 0.946. The number of halogens is 2. The Balaban J connectivity index is 2.73. The van der Waals surface area contributed by atoms with Crippen LogP contribution in [0.1, 0.15) is 17.3 Å². The first-order valence-corrected chi connectivity index (χ1v) is 5.12. The Labute approximate surface area is 98.1 Å². The van der Waals surface area contributed by atoms with Gasteiger partial charge in [0.2, 0.25) is 0 Å². The minimum absolute atomic E-state index is 0.112. The molecule has 3 nitrogen and oxygen atoms in total. The van der Waals surface area contributed by atoms with Gasteiger partial charge in [-0.25, -0.2) is 4.98 Å². The summed E-state index contributed by atoms with van der Waals surface area (Å²) in [5.41, 5.74) is 0.325. The molecule has 80 valence electrons. The summed E-state index contributed by atoms with van der Waals surface area (Å²) >= 11 is 11.4. The highest BCUT2D eigenvalue weighted by Gasteiger charge is 2.10. The van der Waals surface area contributed by atoms with Crippen LogP contribution in [-0.4, -0.2) is 17.4 Å². The molecule has 0 fully saturated rings. The molecule has 5 heteroatoms. The van der Waals surface area contributed by atoms with Crippen molar-refractivity contribution in [3.63, 3.8) is 0 Å². The largest absolute Gasteiger partial charge is 0.348 e. The van der Waals surface area contributed by atoms with E-state index >= 15 is 0 Å². The third-order valence-corrected chi connectivity index (χ3v) is 2.17. The lowest BCUT2D eigenvalue weighted by Crippen LogP contribution is -2.23. The number of hydrogen-bond donors (Lipinski definition) is 1. The highest BCUT2D eigenvalue weighted by Crippen LogP contribution is 2.16. The molecule has 0 saturated carbocycles. The Morgan fingerprint density at radius 1 is 1.53 bits per heavy atom. The molecule has 15 heavy (non-hydrogen) atoms. The van der Waals surface area contributed by atoms with Gasteiger partial charge in [-0.05, 0) is 19.1 Å². The molecular formula is C10H10Cl2N2O. The highest BCUT2D eigenvalue weighted by molar-refractivity contribution is 6.34. The Hall–Kier alpha value is -1.06. The van der Waals surface area contributed by atoms with E-state index in [1.165, 1.54) is 6.07 Å². The molecule has 0 saturated heterocycles. The predicted molar refractivity (Wildman–Crippen MR) is 61.4 cm³/mol. The number of allylic oxidation sites excluding steroid dienone is 1. The number of nitrogens with zero attached hydrogens (tertiary/aromatic N) is 1. The molecule has 1 amide bonds. The Morgan fingerprint density at radius 3 is 2.87 bits per heavy atom. The van der Waals surface area contributed by atoms with Gasteiger partial charge in [-0.1, -0.05) is 35.4 Å². The molecule has 0 spiro atoms. The van der Waals surface area contributed by atoms with Crippen molar-refractivity contribution in [3.8, 4) is 0 Å².